The molecule has 1 amide bonds. The molecule has 2 rings (SSSR count). The van der Waals surface area contributed by atoms with Gasteiger partial charge in [-0.3, -0.25) is 9.79 Å². The van der Waals surface area contributed by atoms with Crippen molar-refractivity contribution in [2.45, 2.75) is 38.1 Å². The van der Waals surface area contributed by atoms with Crippen LogP contribution in [0.2, 0.25) is 0 Å². The molecule has 0 spiro atoms. The highest BCUT2D eigenvalue weighted by atomic mass is 16.2. The summed E-state index contributed by atoms with van der Waals surface area (Å²) in [6, 6.07) is 0.456. The maximum absolute atomic E-state index is 11.3. The predicted molar refractivity (Wildman–Crippen MR) is 55.3 cm³/mol. The molecule has 1 heterocycles. The van der Waals surface area contributed by atoms with Crippen molar-refractivity contribution in [3.8, 4) is 0 Å². The van der Waals surface area contributed by atoms with Crippen molar-refractivity contribution >= 4 is 11.7 Å². The Hall–Kier alpha value is -1.06. The summed E-state index contributed by atoms with van der Waals surface area (Å²) >= 11 is 0. The van der Waals surface area contributed by atoms with Gasteiger partial charge in [-0.2, -0.15) is 0 Å². The van der Waals surface area contributed by atoms with E-state index in [1.165, 1.54) is 12.8 Å². The maximum Gasteiger partial charge on any atom is 0.239 e. The summed E-state index contributed by atoms with van der Waals surface area (Å²) in [5, 5.41) is 6.03. The summed E-state index contributed by atoms with van der Waals surface area (Å²) in [7, 11) is 0. The summed E-state index contributed by atoms with van der Waals surface area (Å²) in [4.78, 5) is 15.6. The molecule has 0 aromatic heterocycles. The van der Waals surface area contributed by atoms with Crippen molar-refractivity contribution < 1.29 is 4.79 Å². The molecule has 0 bridgehead atoms. The van der Waals surface area contributed by atoms with Crippen LogP contribution in [0.4, 0.5) is 0 Å². The fourth-order valence-corrected chi connectivity index (χ4v) is 1.53. The van der Waals surface area contributed by atoms with Crippen LogP contribution in [0.5, 0.6) is 0 Å². The van der Waals surface area contributed by atoms with Crippen LogP contribution in [0.1, 0.15) is 32.1 Å². The highest BCUT2D eigenvalue weighted by molar-refractivity contribution is 5.88. The number of carbonyl (C=O) groups is 1. The number of aliphatic imine (C=N–C) groups is 1. The Morgan fingerprint density at radius 2 is 2.29 bits per heavy atom. The van der Waals surface area contributed by atoms with Crippen LogP contribution in [0, 0.1) is 0 Å². The number of rotatable bonds is 3. The average Bonchev–Trinajstić information content (AvgIpc) is 3.00. The summed E-state index contributed by atoms with van der Waals surface area (Å²) in [5.74, 6) is 1.10. The van der Waals surface area contributed by atoms with Crippen LogP contribution in [0.15, 0.2) is 4.99 Å². The van der Waals surface area contributed by atoms with Crippen LogP contribution >= 0.6 is 0 Å². The highest BCUT2D eigenvalue weighted by Crippen LogP contribution is 2.18. The zero-order chi connectivity index (χ0) is 9.80. The van der Waals surface area contributed by atoms with Crippen molar-refractivity contribution in [1.82, 2.24) is 10.6 Å². The van der Waals surface area contributed by atoms with Crippen molar-refractivity contribution in [2.24, 2.45) is 4.99 Å². The lowest BCUT2D eigenvalue weighted by Crippen LogP contribution is -2.38. The number of carbonyl (C=O) groups excluding carboxylic acids is 1. The minimum atomic E-state index is 0.0979. The maximum atomic E-state index is 11.3. The molecule has 0 unspecified atom stereocenters. The molecule has 2 N–H and O–H groups in total. The first-order chi connectivity index (χ1) is 6.84. The first-order valence-corrected chi connectivity index (χ1v) is 5.41. The van der Waals surface area contributed by atoms with Crippen LogP contribution in [-0.2, 0) is 4.79 Å². The largest absolute Gasteiger partial charge is 0.365 e. The molecule has 4 nitrogen and oxygen atoms in total. The van der Waals surface area contributed by atoms with Gasteiger partial charge in [0, 0.05) is 19.0 Å². The summed E-state index contributed by atoms with van der Waals surface area (Å²) in [5.41, 5.74) is 0. The second-order valence-electron chi connectivity index (χ2n) is 3.98. The number of amides is 1. The molecule has 1 aliphatic heterocycles. The van der Waals surface area contributed by atoms with E-state index < -0.39 is 0 Å². The van der Waals surface area contributed by atoms with Crippen LogP contribution < -0.4 is 10.6 Å². The molecule has 1 saturated carbocycles. The fraction of sp³-hybridized carbons (Fsp3) is 0.800. The minimum absolute atomic E-state index is 0.0979. The van der Waals surface area contributed by atoms with E-state index in [1.54, 1.807) is 0 Å². The van der Waals surface area contributed by atoms with Gasteiger partial charge in [0.1, 0.15) is 0 Å². The molecular weight excluding hydrogens is 178 g/mol. The Labute approximate surface area is 84.2 Å². The lowest BCUT2D eigenvalue weighted by atomic mass is 10.2. The van der Waals surface area contributed by atoms with Gasteiger partial charge in [-0.25, -0.2) is 0 Å². The van der Waals surface area contributed by atoms with Gasteiger partial charge in [0.2, 0.25) is 5.91 Å². The normalized spacial score (nSPS) is 21.3. The monoisotopic (exact) mass is 195 g/mol. The third-order valence-corrected chi connectivity index (χ3v) is 2.52. The quantitative estimate of drug-likeness (QED) is 0.686. The van der Waals surface area contributed by atoms with Crippen molar-refractivity contribution in [3.63, 3.8) is 0 Å². The summed E-state index contributed by atoms with van der Waals surface area (Å²) in [6.07, 6.45) is 5.66. The predicted octanol–water partition coefficient (Wildman–Crippen LogP) is 0.437. The smallest absolute Gasteiger partial charge is 0.239 e. The molecule has 2 aliphatic rings. The molecule has 14 heavy (non-hydrogen) atoms. The van der Waals surface area contributed by atoms with Gasteiger partial charge in [-0.15, -0.1) is 0 Å². The van der Waals surface area contributed by atoms with Gasteiger partial charge >= 0.3 is 0 Å². The van der Waals surface area contributed by atoms with E-state index in [0.717, 1.165) is 31.6 Å². The van der Waals surface area contributed by atoms with Crippen LogP contribution in [0.3, 0.4) is 0 Å². The number of nitrogens with zero attached hydrogens (tertiary/aromatic N) is 1. The number of amidine groups is 1. The van der Waals surface area contributed by atoms with Crippen molar-refractivity contribution in [1.29, 1.82) is 0 Å². The number of hydrogen-bond donors (Lipinski definition) is 2. The van der Waals surface area contributed by atoms with Gasteiger partial charge in [0.05, 0.1) is 12.4 Å². The van der Waals surface area contributed by atoms with E-state index in [2.05, 4.69) is 15.6 Å². The average molecular weight is 195 g/mol. The molecule has 1 fully saturated rings. The molecule has 0 radical (unpaired) electrons. The summed E-state index contributed by atoms with van der Waals surface area (Å²) in [6.45, 7) is 1.29. The Morgan fingerprint density at radius 1 is 1.43 bits per heavy atom. The van der Waals surface area contributed by atoms with E-state index in [9.17, 15) is 4.79 Å². The van der Waals surface area contributed by atoms with Gasteiger partial charge in [-0.1, -0.05) is 0 Å². The van der Waals surface area contributed by atoms with E-state index in [1.807, 2.05) is 0 Å². The standard InChI is InChI=1S/C10H17N3O/c14-10(13-8-4-5-8)7-12-9-3-1-2-6-11-9/h8H,1-7H2,(H,11,12)(H,13,14). The number of hydrogen-bond acceptors (Lipinski definition) is 3. The second kappa shape index (κ2) is 4.44. The summed E-state index contributed by atoms with van der Waals surface area (Å²) < 4.78 is 0. The Bertz CT molecular complexity index is 246. The first-order valence-electron chi connectivity index (χ1n) is 5.41. The molecule has 0 atom stereocenters. The molecule has 1 aliphatic carbocycles. The van der Waals surface area contributed by atoms with Crippen molar-refractivity contribution in [3.05, 3.63) is 0 Å². The topological polar surface area (TPSA) is 53.5 Å². The van der Waals surface area contributed by atoms with E-state index >= 15 is 0 Å². The van der Waals surface area contributed by atoms with E-state index in [4.69, 9.17) is 0 Å². The highest BCUT2D eigenvalue weighted by Gasteiger charge is 2.22. The zero-order valence-electron chi connectivity index (χ0n) is 8.38. The van der Waals surface area contributed by atoms with Crippen LogP contribution in [-0.4, -0.2) is 30.9 Å². The number of nitrogens with one attached hydrogen (secondary N) is 2. The Morgan fingerprint density at radius 3 is 2.93 bits per heavy atom. The Kier molecular flexibility index (Phi) is 3.01. The first kappa shape index (κ1) is 9.49. The van der Waals surface area contributed by atoms with Crippen molar-refractivity contribution in [2.75, 3.05) is 13.1 Å². The van der Waals surface area contributed by atoms with Gasteiger partial charge in [0.15, 0.2) is 0 Å². The molecule has 0 saturated heterocycles. The lowest BCUT2D eigenvalue weighted by Gasteiger charge is -2.13. The van der Waals surface area contributed by atoms with Gasteiger partial charge in [0.25, 0.3) is 0 Å². The van der Waals surface area contributed by atoms with Gasteiger partial charge < -0.3 is 10.6 Å². The lowest BCUT2D eigenvalue weighted by molar-refractivity contribution is -0.120. The van der Waals surface area contributed by atoms with E-state index in [-0.39, 0.29) is 5.91 Å². The van der Waals surface area contributed by atoms with Crippen LogP contribution in [0.25, 0.3) is 0 Å². The molecule has 0 aromatic carbocycles. The van der Waals surface area contributed by atoms with E-state index in [0.29, 0.717) is 12.6 Å². The third-order valence-electron chi connectivity index (χ3n) is 2.52. The second-order valence-corrected chi connectivity index (χ2v) is 3.98. The molecule has 78 valence electrons. The van der Waals surface area contributed by atoms with Gasteiger partial charge in [-0.05, 0) is 25.7 Å². The molecular formula is C10H17N3O. The Balaban J connectivity index is 1.64. The SMILES string of the molecule is O=C(CNC1=NCCCC1)NC1CC1. The molecule has 4 heteroatoms. The molecule has 0 aromatic rings. The minimum Gasteiger partial charge on any atom is -0.365 e. The zero-order valence-corrected chi connectivity index (χ0v) is 8.38. The third kappa shape index (κ3) is 3.01. The fourth-order valence-electron chi connectivity index (χ4n) is 1.53.